The van der Waals surface area contributed by atoms with E-state index in [1.807, 2.05) is 19.1 Å². The number of thiazole rings is 1. The van der Waals surface area contributed by atoms with Gasteiger partial charge in [0.1, 0.15) is 4.70 Å². The largest absolute Gasteiger partial charge is 0.285 e. The van der Waals surface area contributed by atoms with Crippen molar-refractivity contribution in [3.63, 3.8) is 0 Å². The molecule has 3 rings (SSSR count). The molecule has 0 fully saturated rings. The summed E-state index contributed by atoms with van der Waals surface area (Å²) < 4.78 is 34.9. The molecule has 0 saturated carbocycles. The van der Waals surface area contributed by atoms with Crippen LogP contribution in [0.2, 0.25) is 0 Å². The van der Waals surface area contributed by atoms with Crippen molar-refractivity contribution in [1.29, 1.82) is 0 Å². The minimum Gasteiger partial charge on any atom is -0.285 e. The Balaban J connectivity index is 2.09. The van der Waals surface area contributed by atoms with Gasteiger partial charge in [-0.05, 0) is 24.4 Å². The van der Waals surface area contributed by atoms with Gasteiger partial charge in [-0.1, -0.05) is 35.6 Å². The molecule has 1 N–H and O–H groups in total. The lowest BCUT2D eigenvalue weighted by molar-refractivity contribution is -0.672. The molecule has 0 bridgehead atoms. The third kappa shape index (κ3) is 2.74. The van der Waals surface area contributed by atoms with Gasteiger partial charge < -0.3 is 0 Å². The van der Waals surface area contributed by atoms with Crippen LogP contribution in [-0.4, -0.2) is 18.2 Å². The first kappa shape index (κ1) is 15.4. The average molecular weight is 336 g/mol. The smallest absolute Gasteiger partial charge is 0.267 e. The minimum atomic E-state index is -3.97. The third-order valence-electron chi connectivity index (χ3n) is 4.04. The predicted molar refractivity (Wildman–Crippen MR) is 89.9 cm³/mol. The summed E-state index contributed by atoms with van der Waals surface area (Å²) in [5.74, 6) is 0. The van der Waals surface area contributed by atoms with Gasteiger partial charge >= 0.3 is 0 Å². The van der Waals surface area contributed by atoms with Gasteiger partial charge in [0.05, 0.1) is 10.6 Å². The van der Waals surface area contributed by atoms with E-state index in [1.54, 1.807) is 11.3 Å². The van der Waals surface area contributed by atoms with Crippen molar-refractivity contribution in [3.8, 4) is 0 Å². The zero-order chi connectivity index (χ0) is 15.9. The molecule has 0 saturated heterocycles. The van der Waals surface area contributed by atoms with Gasteiger partial charge in [-0.3, -0.25) is 4.55 Å². The SMILES string of the molecule is Cc1sc2ccc3ccccc3c2[n+]1CC[C@@H](C)S(=O)(=O)O. The van der Waals surface area contributed by atoms with Crippen LogP contribution in [-0.2, 0) is 16.7 Å². The van der Waals surface area contributed by atoms with Crippen molar-refractivity contribution in [3.05, 3.63) is 41.4 Å². The highest BCUT2D eigenvalue weighted by Gasteiger charge is 2.24. The first-order chi connectivity index (χ1) is 10.4. The normalized spacial score (nSPS) is 13.8. The molecule has 0 aliphatic carbocycles. The fourth-order valence-corrected chi connectivity index (χ4v) is 4.16. The van der Waals surface area contributed by atoms with Crippen molar-refractivity contribution >= 4 is 42.4 Å². The van der Waals surface area contributed by atoms with Crippen LogP contribution in [0.1, 0.15) is 18.4 Å². The van der Waals surface area contributed by atoms with Gasteiger partial charge in [0.25, 0.3) is 10.1 Å². The number of nitrogens with zero attached hydrogens (tertiary/aromatic N) is 1. The summed E-state index contributed by atoms with van der Waals surface area (Å²) >= 11 is 1.70. The fourth-order valence-electron chi connectivity index (χ4n) is 2.70. The van der Waals surface area contributed by atoms with Crippen molar-refractivity contribution in [2.24, 2.45) is 0 Å². The molecule has 4 nitrogen and oxygen atoms in total. The Labute approximate surface area is 133 Å². The molecule has 0 unspecified atom stereocenters. The lowest BCUT2D eigenvalue weighted by Gasteiger charge is -2.05. The van der Waals surface area contributed by atoms with Crippen LogP contribution in [0, 0.1) is 6.92 Å². The molecule has 3 aromatic rings. The molecule has 1 heterocycles. The van der Waals surface area contributed by atoms with Gasteiger partial charge in [0.2, 0.25) is 10.5 Å². The van der Waals surface area contributed by atoms with E-state index >= 15 is 0 Å². The van der Waals surface area contributed by atoms with E-state index in [0.717, 1.165) is 10.5 Å². The molecule has 0 aliphatic heterocycles. The highest BCUT2D eigenvalue weighted by Crippen LogP contribution is 2.28. The zero-order valence-electron chi connectivity index (χ0n) is 12.5. The summed E-state index contributed by atoms with van der Waals surface area (Å²) in [6, 6.07) is 12.4. The molecular weight excluding hydrogens is 318 g/mol. The van der Waals surface area contributed by atoms with Crippen molar-refractivity contribution in [2.45, 2.75) is 32.1 Å². The minimum absolute atomic E-state index is 0.388. The Morgan fingerprint density at radius 1 is 1.23 bits per heavy atom. The van der Waals surface area contributed by atoms with Crippen molar-refractivity contribution < 1.29 is 17.5 Å². The van der Waals surface area contributed by atoms with E-state index in [4.69, 9.17) is 4.55 Å². The molecule has 6 heteroatoms. The summed E-state index contributed by atoms with van der Waals surface area (Å²) in [5.41, 5.74) is 1.14. The summed E-state index contributed by atoms with van der Waals surface area (Å²) in [4.78, 5) is 0. The van der Waals surface area contributed by atoms with E-state index in [9.17, 15) is 8.42 Å². The molecule has 0 aliphatic rings. The number of aryl methyl sites for hydroxylation is 2. The Morgan fingerprint density at radius 2 is 1.95 bits per heavy atom. The van der Waals surface area contributed by atoms with Crippen LogP contribution in [0.3, 0.4) is 0 Å². The van der Waals surface area contributed by atoms with Gasteiger partial charge in [-0.2, -0.15) is 13.0 Å². The van der Waals surface area contributed by atoms with Crippen molar-refractivity contribution in [2.75, 3.05) is 0 Å². The van der Waals surface area contributed by atoms with Crippen LogP contribution in [0.4, 0.5) is 0 Å². The Kier molecular flexibility index (Phi) is 3.92. The zero-order valence-corrected chi connectivity index (χ0v) is 14.1. The molecule has 116 valence electrons. The second-order valence-corrected chi connectivity index (χ2v) is 8.59. The fraction of sp³-hybridized carbons (Fsp3) is 0.312. The number of fused-ring (bicyclic) bond motifs is 3. The van der Waals surface area contributed by atoms with E-state index in [0.29, 0.717) is 13.0 Å². The molecule has 0 amide bonds. The first-order valence-electron chi connectivity index (χ1n) is 7.15. The van der Waals surface area contributed by atoms with Crippen molar-refractivity contribution in [1.82, 2.24) is 0 Å². The van der Waals surface area contributed by atoms with E-state index in [2.05, 4.69) is 28.8 Å². The molecule has 2 aromatic carbocycles. The second kappa shape index (κ2) is 5.61. The number of benzene rings is 2. The van der Waals surface area contributed by atoms with E-state index in [-0.39, 0.29) is 0 Å². The summed E-state index contributed by atoms with van der Waals surface area (Å²) in [6.45, 7) is 4.15. The number of hydrogen-bond donors (Lipinski definition) is 1. The number of rotatable bonds is 4. The third-order valence-corrected chi connectivity index (χ3v) is 6.36. The summed E-state index contributed by atoms with van der Waals surface area (Å²) in [5, 5.41) is 2.71. The van der Waals surface area contributed by atoms with Crippen LogP contribution < -0.4 is 4.57 Å². The molecule has 0 spiro atoms. The van der Waals surface area contributed by atoms with Crippen LogP contribution in [0.15, 0.2) is 36.4 Å². The Bertz CT molecular complexity index is 945. The summed E-state index contributed by atoms with van der Waals surface area (Å²) in [6.07, 6.45) is 0.388. The lowest BCUT2D eigenvalue weighted by atomic mass is 10.1. The maximum Gasteiger partial charge on any atom is 0.267 e. The molecule has 22 heavy (non-hydrogen) atoms. The molecule has 0 radical (unpaired) electrons. The molecule has 1 atom stereocenters. The highest BCUT2D eigenvalue weighted by molar-refractivity contribution is 7.86. The topological polar surface area (TPSA) is 58.2 Å². The molecule has 1 aromatic heterocycles. The average Bonchev–Trinajstić information content (AvgIpc) is 2.79. The van der Waals surface area contributed by atoms with E-state index < -0.39 is 15.4 Å². The Hall–Kier alpha value is -1.50. The first-order valence-corrected chi connectivity index (χ1v) is 9.47. The van der Waals surface area contributed by atoms with Gasteiger partial charge in [0.15, 0.2) is 6.54 Å². The standard InChI is InChI=1S/C16H17NO3S2/c1-11(22(18,19)20)9-10-17-12(2)21-15-8-7-13-5-3-4-6-14(13)16(15)17/h3-8,11H,9-10H2,1-2H3/p+1/t11-/m1/s1. The van der Waals surface area contributed by atoms with Gasteiger partial charge in [-0.25, -0.2) is 0 Å². The van der Waals surface area contributed by atoms with Gasteiger partial charge in [-0.15, -0.1) is 0 Å². The lowest BCUT2D eigenvalue weighted by Crippen LogP contribution is -2.37. The van der Waals surface area contributed by atoms with Crippen LogP contribution in [0.25, 0.3) is 21.0 Å². The highest BCUT2D eigenvalue weighted by atomic mass is 32.2. The maximum atomic E-state index is 11.2. The monoisotopic (exact) mass is 336 g/mol. The van der Waals surface area contributed by atoms with Crippen LogP contribution in [0.5, 0.6) is 0 Å². The maximum absolute atomic E-state index is 11.2. The predicted octanol–water partition coefficient (Wildman–Crippen LogP) is 3.32. The van der Waals surface area contributed by atoms with Gasteiger partial charge in [0, 0.05) is 13.3 Å². The quantitative estimate of drug-likeness (QED) is 0.587. The second-order valence-electron chi connectivity index (χ2n) is 5.52. The molecular formula is C16H18NO3S2+. The number of hydrogen-bond acceptors (Lipinski definition) is 3. The van der Waals surface area contributed by atoms with Crippen LogP contribution >= 0.6 is 11.3 Å². The van der Waals surface area contributed by atoms with E-state index in [1.165, 1.54) is 22.4 Å². The number of aromatic nitrogens is 1. The Morgan fingerprint density at radius 3 is 2.68 bits per heavy atom. The summed E-state index contributed by atoms with van der Waals surface area (Å²) in [7, 11) is -3.97.